The summed E-state index contributed by atoms with van der Waals surface area (Å²) in [5.41, 5.74) is 0. The first-order chi connectivity index (χ1) is 13.2. The first kappa shape index (κ1) is 22.4. The molecule has 1 atom stereocenters. The molecule has 28 heavy (non-hydrogen) atoms. The summed E-state index contributed by atoms with van der Waals surface area (Å²) in [5.74, 6) is 0.874. The van der Waals surface area contributed by atoms with Crippen LogP contribution in [0.3, 0.4) is 0 Å². The number of carbonyl (C=O) groups excluding carboxylic acids is 1. The lowest BCUT2D eigenvalue weighted by Gasteiger charge is -2.35. The van der Waals surface area contributed by atoms with Crippen LogP contribution < -0.4 is 9.47 Å². The largest absolute Gasteiger partial charge is 0.493 e. The van der Waals surface area contributed by atoms with Crippen LogP contribution in [0.25, 0.3) is 0 Å². The monoisotopic (exact) mass is 413 g/mol. The Balaban J connectivity index is 2.03. The molecule has 1 fully saturated rings. The summed E-state index contributed by atoms with van der Waals surface area (Å²) in [5, 5.41) is 0. The molecule has 1 amide bonds. The minimum absolute atomic E-state index is 0.0333. The van der Waals surface area contributed by atoms with Crippen molar-refractivity contribution in [3.05, 3.63) is 18.2 Å². The summed E-state index contributed by atoms with van der Waals surface area (Å²) in [6.07, 6.45) is 0.973. The second kappa shape index (κ2) is 9.58. The highest BCUT2D eigenvalue weighted by atomic mass is 32.2. The number of ether oxygens (including phenoxy) is 2. The van der Waals surface area contributed by atoms with Crippen molar-refractivity contribution in [3.63, 3.8) is 0 Å². The zero-order chi connectivity index (χ0) is 20.9. The molecule has 1 aliphatic rings. The topological polar surface area (TPSA) is 79.4 Å². The fraction of sp³-hybridized carbons (Fsp3) is 0.632. The standard InChI is InChI=1S/C19H31N3O5S/c1-6-15(2)20(3)14-19(23)21-9-11-22(12-10-21)28(24,25)16-7-8-17(26-4)18(13-16)27-5/h7-8,13,15H,6,9-12,14H2,1-5H3. The first-order valence-corrected chi connectivity index (χ1v) is 10.9. The quantitative estimate of drug-likeness (QED) is 0.639. The van der Waals surface area contributed by atoms with Gasteiger partial charge in [0.2, 0.25) is 15.9 Å². The number of methoxy groups -OCH3 is 2. The maximum Gasteiger partial charge on any atom is 0.243 e. The fourth-order valence-corrected chi connectivity index (χ4v) is 4.52. The van der Waals surface area contributed by atoms with Gasteiger partial charge in [0.1, 0.15) is 0 Å². The average Bonchev–Trinajstić information content (AvgIpc) is 2.72. The molecule has 0 aromatic heterocycles. The highest BCUT2D eigenvalue weighted by molar-refractivity contribution is 7.89. The molecule has 0 radical (unpaired) electrons. The predicted molar refractivity (Wildman–Crippen MR) is 107 cm³/mol. The van der Waals surface area contributed by atoms with Gasteiger partial charge in [-0.15, -0.1) is 0 Å². The summed E-state index contributed by atoms with van der Waals surface area (Å²) in [7, 11) is 1.24. The van der Waals surface area contributed by atoms with Crippen molar-refractivity contribution >= 4 is 15.9 Å². The van der Waals surface area contributed by atoms with E-state index >= 15 is 0 Å². The number of likely N-dealkylation sites (N-methyl/N-ethyl adjacent to an activating group) is 1. The Morgan fingerprint density at radius 1 is 1.14 bits per heavy atom. The summed E-state index contributed by atoms with van der Waals surface area (Å²) in [6, 6.07) is 4.88. The third-order valence-corrected chi connectivity index (χ3v) is 7.21. The molecule has 1 heterocycles. The van der Waals surface area contributed by atoms with Crippen molar-refractivity contribution in [1.82, 2.24) is 14.1 Å². The van der Waals surface area contributed by atoms with Crippen LogP contribution in [0.5, 0.6) is 11.5 Å². The molecule has 9 heteroatoms. The molecular formula is C19H31N3O5S. The van der Waals surface area contributed by atoms with Crippen molar-refractivity contribution in [1.29, 1.82) is 0 Å². The van der Waals surface area contributed by atoms with Gasteiger partial charge in [0, 0.05) is 38.3 Å². The molecular weight excluding hydrogens is 382 g/mol. The lowest BCUT2D eigenvalue weighted by molar-refractivity contribution is -0.133. The van der Waals surface area contributed by atoms with Gasteiger partial charge in [-0.05, 0) is 32.5 Å². The van der Waals surface area contributed by atoms with E-state index in [1.165, 1.54) is 30.7 Å². The predicted octanol–water partition coefficient (Wildman–Crippen LogP) is 1.27. The number of hydrogen-bond donors (Lipinski definition) is 0. The maximum absolute atomic E-state index is 13.0. The molecule has 1 saturated heterocycles. The summed E-state index contributed by atoms with van der Waals surface area (Å²) < 4.78 is 37.7. The van der Waals surface area contributed by atoms with Crippen molar-refractivity contribution in [2.45, 2.75) is 31.2 Å². The van der Waals surface area contributed by atoms with Gasteiger partial charge in [-0.25, -0.2) is 8.42 Å². The van der Waals surface area contributed by atoms with Gasteiger partial charge in [-0.1, -0.05) is 6.92 Å². The van der Waals surface area contributed by atoms with Gasteiger partial charge in [-0.2, -0.15) is 4.31 Å². The number of carbonyl (C=O) groups is 1. The highest BCUT2D eigenvalue weighted by Crippen LogP contribution is 2.30. The SMILES string of the molecule is CCC(C)N(C)CC(=O)N1CCN(S(=O)(=O)c2ccc(OC)c(OC)c2)CC1. The molecule has 0 saturated carbocycles. The molecule has 1 aliphatic heterocycles. The number of sulfonamides is 1. The minimum Gasteiger partial charge on any atom is -0.493 e. The van der Waals surface area contributed by atoms with Crippen LogP contribution in [0.2, 0.25) is 0 Å². The van der Waals surface area contributed by atoms with Crippen LogP contribution in [-0.4, -0.2) is 88.5 Å². The van der Waals surface area contributed by atoms with E-state index in [4.69, 9.17) is 9.47 Å². The van der Waals surface area contributed by atoms with E-state index in [2.05, 4.69) is 13.8 Å². The van der Waals surface area contributed by atoms with Crippen LogP contribution in [0.4, 0.5) is 0 Å². The van der Waals surface area contributed by atoms with Crippen molar-refractivity contribution in [2.24, 2.45) is 0 Å². The molecule has 0 bridgehead atoms. The zero-order valence-electron chi connectivity index (χ0n) is 17.3. The van der Waals surface area contributed by atoms with Gasteiger partial charge < -0.3 is 14.4 Å². The first-order valence-electron chi connectivity index (χ1n) is 9.44. The lowest BCUT2D eigenvalue weighted by Crippen LogP contribution is -2.52. The van der Waals surface area contributed by atoms with E-state index < -0.39 is 10.0 Å². The van der Waals surface area contributed by atoms with Crippen LogP contribution in [0.1, 0.15) is 20.3 Å². The van der Waals surface area contributed by atoms with Gasteiger partial charge in [0.15, 0.2) is 11.5 Å². The van der Waals surface area contributed by atoms with Crippen molar-refractivity contribution in [3.8, 4) is 11.5 Å². The van der Waals surface area contributed by atoms with E-state index in [9.17, 15) is 13.2 Å². The Morgan fingerprint density at radius 3 is 2.29 bits per heavy atom. The Bertz CT molecular complexity index is 776. The number of benzene rings is 1. The number of piperazine rings is 1. The molecule has 2 rings (SSSR count). The van der Waals surface area contributed by atoms with E-state index in [-0.39, 0.29) is 23.9 Å². The minimum atomic E-state index is -3.66. The molecule has 8 nitrogen and oxygen atoms in total. The van der Waals surface area contributed by atoms with Crippen molar-refractivity contribution < 1.29 is 22.7 Å². The average molecular weight is 414 g/mol. The van der Waals surface area contributed by atoms with E-state index in [1.54, 1.807) is 11.0 Å². The number of nitrogens with zero attached hydrogens (tertiary/aromatic N) is 3. The van der Waals surface area contributed by atoms with Crippen LogP contribution >= 0.6 is 0 Å². The van der Waals surface area contributed by atoms with Gasteiger partial charge in [0.25, 0.3) is 0 Å². The van der Waals surface area contributed by atoms with Gasteiger partial charge in [0.05, 0.1) is 25.7 Å². The Labute approximate surface area is 168 Å². The Morgan fingerprint density at radius 2 is 1.75 bits per heavy atom. The summed E-state index contributed by atoms with van der Waals surface area (Å²) in [6.45, 7) is 5.84. The number of amides is 1. The molecule has 0 spiro atoms. The second-order valence-corrected chi connectivity index (χ2v) is 8.91. The van der Waals surface area contributed by atoms with E-state index in [0.29, 0.717) is 37.2 Å². The van der Waals surface area contributed by atoms with Crippen LogP contribution in [0, 0.1) is 0 Å². The van der Waals surface area contributed by atoms with Crippen LogP contribution in [-0.2, 0) is 14.8 Å². The molecule has 158 valence electrons. The highest BCUT2D eigenvalue weighted by Gasteiger charge is 2.31. The lowest BCUT2D eigenvalue weighted by atomic mass is 10.2. The third-order valence-electron chi connectivity index (χ3n) is 5.31. The number of hydrogen-bond acceptors (Lipinski definition) is 6. The van der Waals surface area contributed by atoms with E-state index in [0.717, 1.165) is 6.42 Å². The Kier molecular flexibility index (Phi) is 7.68. The van der Waals surface area contributed by atoms with Crippen molar-refractivity contribution in [2.75, 3.05) is 54.0 Å². The van der Waals surface area contributed by atoms with Gasteiger partial charge >= 0.3 is 0 Å². The fourth-order valence-electron chi connectivity index (χ4n) is 3.08. The number of rotatable bonds is 8. The smallest absolute Gasteiger partial charge is 0.243 e. The molecule has 1 aromatic carbocycles. The molecule has 1 unspecified atom stereocenters. The second-order valence-electron chi connectivity index (χ2n) is 6.97. The summed E-state index contributed by atoms with van der Waals surface area (Å²) >= 11 is 0. The summed E-state index contributed by atoms with van der Waals surface area (Å²) in [4.78, 5) is 16.4. The maximum atomic E-state index is 13.0. The molecule has 1 aromatic rings. The van der Waals surface area contributed by atoms with Gasteiger partial charge in [-0.3, -0.25) is 9.69 Å². The van der Waals surface area contributed by atoms with Crippen LogP contribution in [0.15, 0.2) is 23.1 Å². The normalized spacial score (nSPS) is 16.9. The zero-order valence-corrected chi connectivity index (χ0v) is 18.2. The molecule has 0 N–H and O–H groups in total. The van der Waals surface area contributed by atoms with E-state index in [1.807, 2.05) is 11.9 Å². The third kappa shape index (κ3) is 4.95. The molecule has 0 aliphatic carbocycles. The Hall–Kier alpha value is -1.84.